The molecule has 0 atom stereocenters. The second-order valence-corrected chi connectivity index (χ2v) is 11.4. The molecule has 0 bridgehead atoms. The minimum Gasteiger partial charge on any atom is -0.497 e. The molecule has 2 fully saturated rings. The molecule has 1 aliphatic carbocycles. The lowest BCUT2D eigenvalue weighted by atomic mass is 9.85. The maximum atomic E-state index is 13.9. The van der Waals surface area contributed by atoms with Crippen LogP contribution in [0.15, 0.2) is 42.5 Å². The molecule has 2 heterocycles. The third kappa shape index (κ3) is 5.51. The molecule has 1 aliphatic heterocycles. The van der Waals surface area contributed by atoms with Gasteiger partial charge in [0.2, 0.25) is 5.91 Å². The number of thiophene rings is 1. The van der Waals surface area contributed by atoms with Gasteiger partial charge in [0.1, 0.15) is 5.75 Å². The number of ketones is 1. The van der Waals surface area contributed by atoms with Gasteiger partial charge in [0, 0.05) is 45.6 Å². The van der Waals surface area contributed by atoms with E-state index in [0.717, 1.165) is 65.7 Å². The molecular weight excluding hydrogens is 466 g/mol. The van der Waals surface area contributed by atoms with Gasteiger partial charge in [0.25, 0.3) is 0 Å². The Labute approximate surface area is 218 Å². The average Bonchev–Trinajstić information content (AvgIpc) is 3.32. The first-order chi connectivity index (χ1) is 17.6. The highest BCUT2D eigenvalue weighted by Crippen LogP contribution is 2.44. The Morgan fingerprint density at radius 2 is 1.67 bits per heavy atom. The van der Waals surface area contributed by atoms with Crippen LogP contribution in [0.4, 0.5) is 0 Å². The first-order valence-corrected chi connectivity index (χ1v) is 14.5. The topological polar surface area (TPSA) is 46.6 Å². The van der Waals surface area contributed by atoms with Gasteiger partial charge in [-0.05, 0) is 74.6 Å². The molecule has 2 aliphatic rings. The number of hydrogen-bond acceptors (Lipinski definition) is 4. The number of amides is 1. The summed E-state index contributed by atoms with van der Waals surface area (Å²) in [6.07, 6.45) is 11.9. The first-order valence-electron chi connectivity index (χ1n) is 13.7. The summed E-state index contributed by atoms with van der Waals surface area (Å²) in [5.41, 5.74) is 2.82. The molecule has 0 N–H and O–H groups in total. The number of likely N-dealkylation sites (tertiary alicyclic amines) is 1. The predicted molar refractivity (Wildman–Crippen MR) is 147 cm³/mol. The number of piperidine rings is 1. The van der Waals surface area contributed by atoms with Crippen LogP contribution >= 0.6 is 11.3 Å². The van der Waals surface area contributed by atoms with Crippen molar-refractivity contribution in [2.45, 2.75) is 76.5 Å². The van der Waals surface area contributed by atoms with Crippen LogP contribution in [0.1, 0.15) is 96.5 Å². The van der Waals surface area contributed by atoms with Crippen molar-refractivity contribution in [1.29, 1.82) is 0 Å². The van der Waals surface area contributed by atoms with Gasteiger partial charge < -0.3 is 9.64 Å². The van der Waals surface area contributed by atoms with Crippen LogP contribution in [0.25, 0.3) is 10.1 Å². The minimum absolute atomic E-state index is 0.124. The molecule has 36 heavy (non-hydrogen) atoms. The smallest absolute Gasteiger partial charge is 0.222 e. The summed E-state index contributed by atoms with van der Waals surface area (Å²) in [6.45, 7) is 1.84. The van der Waals surface area contributed by atoms with Gasteiger partial charge in [-0.15, -0.1) is 11.3 Å². The van der Waals surface area contributed by atoms with Gasteiger partial charge in [0.15, 0.2) is 5.78 Å². The molecule has 3 aromatic rings. The summed E-state index contributed by atoms with van der Waals surface area (Å²) in [6, 6.07) is 14.2. The fourth-order valence-electron chi connectivity index (χ4n) is 5.82. The van der Waals surface area contributed by atoms with Crippen molar-refractivity contribution in [3.05, 3.63) is 64.0 Å². The van der Waals surface area contributed by atoms with E-state index in [1.165, 1.54) is 49.0 Å². The average molecular weight is 504 g/mol. The number of benzene rings is 2. The summed E-state index contributed by atoms with van der Waals surface area (Å²) in [5.74, 6) is 1.72. The molecule has 1 saturated carbocycles. The Morgan fingerprint density at radius 1 is 0.944 bits per heavy atom. The molecule has 1 amide bonds. The lowest BCUT2D eigenvalue weighted by molar-refractivity contribution is -0.132. The van der Waals surface area contributed by atoms with E-state index in [1.807, 2.05) is 23.1 Å². The van der Waals surface area contributed by atoms with Gasteiger partial charge in [0.05, 0.1) is 7.11 Å². The SMILES string of the molecule is COc1ccc2c(C(=O)c3ccc(CCCC(=O)N4CCCCC4)cc3)c(C3CCCCC3)sc2c1. The second-order valence-electron chi connectivity index (χ2n) is 10.4. The number of methoxy groups -OCH3 is 1. The van der Waals surface area contributed by atoms with E-state index in [0.29, 0.717) is 12.3 Å². The largest absolute Gasteiger partial charge is 0.497 e. The highest BCUT2D eigenvalue weighted by molar-refractivity contribution is 7.19. The number of ether oxygens (including phenoxy) is 1. The Balaban J connectivity index is 1.31. The molecule has 0 radical (unpaired) electrons. The van der Waals surface area contributed by atoms with E-state index in [2.05, 4.69) is 24.3 Å². The quantitative estimate of drug-likeness (QED) is 0.299. The summed E-state index contributed by atoms with van der Waals surface area (Å²) >= 11 is 1.77. The Morgan fingerprint density at radius 3 is 2.39 bits per heavy atom. The third-order valence-electron chi connectivity index (χ3n) is 7.91. The normalized spacial score (nSPS) is 16.9. The lowest BCUT2D eigenvalue weighted by Gasteiger charge is -2.26. The fourth-order valence-corrected chi connectivity index (χ4v) is 7.22. The van der Waals surface area contributed by atoms with E-state index < -0.39 is 0 Å². The summed E-state index contributed by atoms with van der Waals surface area (Å²) in [5, 5.41) is 1.05. The third-order valence-corrected chi connectivity index (χ3v) is 9.22. The van der Waals surface area contributed by atoms with Crippen molar-refractivity contribution < 1.29 is 14.3 Å². The van der Waals surface area contributed by atoms with E-state index >= 15 is 0 Å². The van der Waals surface area contributed by atoms with Gasteiger partial charge >= 0.3 is 0 Å². The van der Waals surface area contributed by atoms with Crippen molar-refractivity contribution in [2.24, 2.45) is 0 Å². The molecular formula is C31H37NO3S. The van der Waals surface area contributed by atoms with Crippen LogP contribution in [0.5, 0.6) is 5.75 Å². The zero-order valence-electron chi connectivity index (χ0n) is 21.4. The van der Waals surface area contributed by atoms with Crippen LogP contribution in [-0.4, -0.2) is 36.8 Å². The highest BCUT2D eigenvalue weighted by Gasteiger charge is 2.27. The van der Waals surface area contributed by atoms with Crippen LogP contribution < -0.4 is 4.74 Å². The molecule has 4 nitrogen and oxygen atoms in total. The van der Waals surface area contributed by atoms with Gasteiger partial charge in [-0.2, -0.15) is 0 Å². The zero-order chi connectivity index (χ0) is 24.9. The second kappa shape index (κ2) is 11.6. The van der Waals surface area contributed by atoms with E-state index in [9.17, 15) is 9.59 Å². The summed E-state index contributed by atoms with van der Waals surface area (Å²) in [7, 11) is 1.69. The molecule has 2 aromatic carbocycles. The number of nitrogens with zero attached hydrogens (tertiary/aromatic N) is 1. The van der Waals surface area contributed by atoms with Crippen molar-refractivity contribution in [2.75, 3.05) is 20.2 Å². The van der Waals surface area contributed by atoms with E-state index in [4.69, 9.17) is 4.74 Å². The van der Waals surface area contributed by atoms with Crippen LogP contribution in [0.3, 0.4) is 0 Å². The van der Waals surface area contributed by atoms with E-state index in [1.54, 1.807) is 18.4 Å². The van der Waals surface area contributed by atoms with Gasteiger partial charge in [-0.1, -0.05) is 43.5 Å². The van der Waals surface area contributed by atoms with Gasteiger partial charge in [-0.25, -0.2) is 0 Å². The van der Waals surface area contributed by atoms with Gasteiger partial charge in [-0.3, -0.25) is 9.59 Å². The Hall–Kier alpha value is -2.66. The molecule has 0 unspecified atom stereocenters. The van der Waals surface area contributed by atoms with Crippen molar-refractivity contribution in [1.82, 2.24) is 4.90 Å². The molecule has 1 aromatic heterocycles. The maximum absolute atomic E-state index is 13.9. The number of carbonyl (C=O) groups excluding carboxylic acids is 2. The zero-order valence-corrected chi connectivity index (χ0v) is 22.2. The number of aryl methyl sites for hydroxylation is 1. The van der Waals surface area contributed by atoms with Crippen molar-refractivity contribution in [3.63, 3.8) is 0 Å². The number of rotatable bonds is 8. The minimum atomic E-state index is 0.124. The van der Waals surface area contributed by atoms with Crippen LogP contribution in [0.2, 0.25) is 0 Å². The monoisotopic (exact) mass is 503 g/mol. The molecule has 5 heteroatoms. The van der Waals surface area contributed by atoms with Crippen LogP contribution in [-0.2, 0) is 11.2 Å². The number of carbonyl (C=O) groups is 2. The van der Waals surface area contributed by atoms with Crippen molar-refractivity contribution >= 4 is 33.1 Å². The predicted octanol–water partition coefficient (Wildman–Crippen LogP) is 7.52. The number of hydrogen-bond donors (Lipinski definition) is 0. The first kappa shape index (κ1) is 25.0. The number of fused-ring (bicyclic) bond motifs is 1. The Bertz CT molecular complexity index is 1200. The molecule has 0 spiro atoms. The summed E-state index contributed by atoms with van der Waals surface area (Å²) < 4.78 is 6.59. The summed E-state index contributed by atoms with van der Waals surface area (Å²) in [4.78, 5) is 29.6. The van der Waals surface area contributed by atoms with Crippen molar-refractivity contribution in [3.8, 4) is 5.75 Å². The molecule has 1 saturated heterocycles. The fraction of sp³-hybridized carbons (Fsp3) is 0.484. The van der Waals surface area contributed by atoms with Crippen LogP contribution in [0, 0.1) is 0 Å². The lowest BCUT2D eigenvalue weighted by Crippen LogP contribution is -2.35. The molecule has 190 valence electrons. The highest BCUT2D eigenvalue weighted by atomic mass is 32.1. The Kier molecular flexibility index (Phi) is 8.05. The van der Waals surface area contributed by atoms with E-state index in [-0.39, 0.29) is 11.7 Å². The molecule has 5 rings (SSSR count). The maximum Gasteiger partial charge on any atom is 0.222 e. The standard InChI is InChI=1S/C31H37NO3S/c1-35-25-17-18-26-27(21-25)36-31(24-10-4-2-5-11-24)29(26)30(34)23-15-13-22(14-16-23)9-8-12-28(33)32-19-6-3-7-20-32/h13-18,21,24H,2-12,19-20H2,1H3.